The molecule has 0 N–H and O–H groups in total. The molecule has 1 radical (unpaired) electrons. The summed E-state index contributed by atoms with van der Waals surface area (Å²) < 4.78 is 123. The molecule has 175 valence electrons. The van der Waals surface area contributed by atoms with Crippen LogP contribution in [0.5, 0.6) is 5.75 Å². The fourth-order valence-electron chi connectivity index (χ4n) is 4.99. The SMILES string of the molecule is CC(C)[Si](Oc1c(F)c(F)c2c(c1F)-c1c(F)c(F)[c]c(F)c1C2(F)F)(C(C)C)C(C)C. The third kappa shape index (κ3) is 3.08. The topological polar surface area (TPSA) is 9.23 Å². The minimum Gasteiger partial charge on any atom is -0.539 e. The Kier molecular flexibility index (Phi) is 5.94. The van der Waals surface area contributed by atoms with Crippen LogP contribution < -0.4 is 4.43 Å². The average molecular weight is 481 g/mol. The van der Waals surface area contributed by atoms with Crippen LogP contribution in [0.1, 0.15) is 52.7 Å². The van der Waals surface area contributed by atoms with E-state index in [4.69, 9.17) is 4.43 Å². The molecule has 0 bridgehead atoms. The van der Waals surface area contributed by atoms with Crippen molar-refractivity contribution in [3.05, 3.63) is 52.1 Å². The first-order valence-electron chi connectivity index (χ1n) is 10.0. The molecule has 32 heavy (non-hydrogen) atoms. The van der Waals surface area contributed by atoms with Crippen LogP contribution in [0.4, 0.5) is 35.1 Å². The van der Waals surface area contributed by atoms with Crippen LogP contribution in [-0.2, 0) is 5.92 Å². The maximum atomic E-state index is 15.5. The number of rotatable bonds is 5. The van der Waals surface area contributed by atoms with Gasteiger partial charge in [-0.25, -0.2) is 22.0 Å². The number of hydrogen-bond acceptors (Lipinski definition) is 1. The number of benzene rings is 2. The molecular formula is C22H21F8OSi. The Morgan fingerprint density at radius 1 is 0.656 bits per heavy atom. The quantitative estimate of drug-likeness (QED) is 0.239. The molecule has 0 heterocycles. The van der Waals surface area contributed by atoms with Gasteiger partial charge in [-0.3, -0.25) is 0 Å². The Hall–Kier alpha value is -2.10. The van der Waals surface area contributed by atoms with E-state index in [0.29, 0.717) is 0 Å². The average Bonchev–Trinajstić information content (AvgIpc) is 2.91. The van der Waals surface area contributed by atoms with Gasteiger partial charge in [0.15, 0.2) is 29.0 Å². The lowest BCUT2D eigenvalue weighted by Gasteiger charge is -2.42. The predicted octanol–water partition coefficient (Wildman–Crippen LogP) is 8.00. The molecule has 0 fully saturated rings. The van der Waals surface area contributed by atoms with Crippen molar-refractivity contribution in [1.29, 1.82) is 0 Å². The number of halogens is 8. The van der Waals surface area contributed by atoms with Crippen LogP contribution in [0, 0.1) is 41.0 Å². The molecule has 1 aliphatic rings. The molecule has 0 aromatic heterocycles. The number of fused-ring (bicyclic) bond motifs is 3. The molecule has 0 aliphatic heterocycles. The highest BCUT2D eigenvalue weighted by atomic mass is 28.4. The van der Waals surface area contributed by atoms with Crippen molar-refractivity contribution in [2.24, 2.45) is 0 Å². The van der Waals surface area contributed by atoms with Gasteiger partial charge < -0.3 is 4.43 Å². The highest BCUT2D eigenvalue weighted by Gasteiger charge is 2.55. The molecule has 0 saturated carbocycles. The summed E-state index contributed by atoms with van der Waals surface area (Å²) in [4.78, 5) is 0. The van der Waals surface area contributed by atoms with Crippen molar-refractivity contribution in [3.63, 3.8) is 0 Å². The maximum Gasteiger partial charge on any atom is 0.305 e. The van der Waals surface area contributed by atoms with E-state index in [1.54, 1.807) is 41.5 Å². The Morgan fingerprint density at radius 3 is 1.59 bits per heavy atom. The second-order valence-corrected chi connectivity index (χ2v) is 14.2. The molecule has 1 nitrogen and oxygen atoms in total. The number of hydrogen-bond donors (Lipinski definition) is 0. The smallest absolute Gasteiger partial charge is 0.305 e. The van der Waals surface area contributed by atoms with E-state index in [-0.39, 0.29) is 16.6 Å². The van der Waals surface area contributed by atoms with Crippen molar-refractivity contribution < 1.29 is 39.5 Å². The molecule has 2 aromatic carbocycles. The van der Waals surface area contributed by atoms with Crippen LogP contribution in [0.25, 0.3) is 11.1 Å². The van der Waals surface area contributed by atoms with Gasteiger partial charge in [0, 0.05) is 11.1 Å². The first-order chi connectivity index (χ1) is 14.6. The van der Waals surface area contributed by atoms with Crippen molar-refractivity contribution >= 4 is 8.32 Å². The molecule has 2 aromatic rings. The first kappa shape index (κ1) is 24.5. The third-order valence-electron chi connectivity index (χ3n) is 6.25. The summed E-state index contributed by atoms with van der Waals surface area (Å²) in [5.74, 6) is -18.1. The molecule has 0 saturated heterocycles. The molecule has 3 rings (SSSR count). The second kappa shape index (κ2) is 7.74. The monoisotopic (exact) mass is 481 g/mol. The van der Waals surface area contributed by atoms with Gasteiger partial charge in [0.05, 0.1) is 17.2 Å². The van der Waals surface area contributed by atoms with Crippen LogP contribution in [0.3, 0.4) is 0 Å². The van der Waals surface area contributed by atoms with Gasteiger partial charge >= 0.3 is 5.92 Å². The van der Waals surface area contributed by atoms with E-state index in [0.717, 1.165) is 6.07 Å². The lowest BCUT2D eigenvalue weighted by atomic mass is 10.0. The summed E-state index contributed by atoms with van der Waals surface area (Å²) in [6, 6.07) is 1.13. The number of alkyl halides is 2. The Balaban J connectivity index is 2.43. The van der Waals surface area contributed by atoms with E-state index in [2.05, 4.69) is 0 Å². The minimum absolute atomic E-state index is 0.243. The van der Waals surface area contributed by atoms with E-state index in [1.807, 2.05) is 0 Å². The zero-order chi connectivity index (χ0) is 24.5. The molecular weight excluding hydrogens is 460 g/mol. The van der Waals surface area contributed by atoms with Crippen molar-refractivity contribution in [2.45, 2.75) is 64.1 Å². The fraction of sp³-hybridized carbons (Fsp3) is 0.455. The Labute approximate surface area is 181 Å². The lowest BCUT2D eigenvalue weighted by molar-refractivity contribution is 0.0391. The summed E-state index contributed by atoms with van der Waals surface area (Å²) >= 11 is 0. The fourth-order valence-corrected chi connectivity index (χ4v) is 10.2. The van der Waals surface area contributed by atoms with Crippen molar-refractivity contribution in [3.8, 4) is 16.9 Å². The van der Waals surface area contributed by atoms with Gasteiger partial charge in [-0.15, -0.1) is 0 Å². The van der Waals surface area contributed by atoms with E-state index >= 15 is 4.39 Å². The van der Waals surface area contributed by atoms with Crippen LogP contribution in [-0.4, -0.2) is 8.32 Å². The highest BCUT2D eigenvalue weighted by Crippen LogP contribution is 2.57. The van der Waals surface area contributed by atoms with Crippen molar-refractivity contribution in [2.75, 3.05) is 0 Å². The van der Waals surface area contributed by atoms with Gasteiger partial charge in [-0.1, -0.05) is 41.5 Å². The van der Waals surface area contributed by atoms with Gasteiger partial charge in [-0.05, 0) is 16.6 Å². The minimum atomic E-state index is -4.66. The van der Waals surface area contributed by atoms with Gasteiger partial charge in [-0.2, -0.15) is 13.2 Å². The standard InChI is InChI=1S/C22H21F8OSi/c1-8(2)32(9(3)4,10(5)6)31-21-18(26)14-13-15(11(23)7-12(24)17(13)25)22(29,30)16(14)19(27)20(21)28/h8-10H,1-6H3. The Bertz CT molecular complexity index is 1070. The normalized spacial score (nSPS) is 15.0. The third-order valence-corrected chi connectivity index (χ3v) is 12.2. The highest BCUT2D eigenvalue weighted by molar-refractivity contribution is 6.78. The second-order valence-electron chi connectivity index (χ2n) is 8.83. The maximum absolute atomic E-state index is 15.5. The molecule has 0 spiro atoms. The summed E-state index contributed by atoms with van der Waals surface area (Å²) in [5, 5.41) is 0. The van der Waals surface area contributed by atoms with Crippen LogP contribution in [0.2, 0.25) is 16.6 Å². The Morgan fingerprint density at radius 2 is 1.12 bits per heavy atom. The van der Waals surface area contributed by atoms with Gasteiger partial charge in [0.2, 0.25) is 5.82 Å². The zero-order valence-corrected chi connectivity index (χ0v) is 19.2. The van der Waals surface area contributed by atoms with Crippen molar-refractivity contribution in [1.82, 2.24) is 0 Å². The molecule has 0 unspecified atom stereocenters. The van der Waals surface area contributed by atoms with Crippen LogP contribution in [0.15, 0.2) is 0 Å². The molecule has 1 aliphatic carbocycles. The summed E-state index contributed by atoms with van der Waals surface area (Å²) in [5.41, 5.74) is -7.40. The molecule has 10 heteroatoms. The van der Waals surface area contributed by atoms with Gasteiger partial charge in [0.1, 0.15) is 5.82 Å². The summed E-state index contributed by atoms with van der Waals surface area (Å²) in [7, 11) is -3.13. The zero-order valence-electron chi connectivity index (χ0n) is 18.2. The largest absolute Gasteiger partial charge is 0.539 e. The van der Waals surface area contributed by atoms with E-state index in [1.165, 1.54) is 0 Å². The van der Waals surface area contributed by atoms with E-state index < -0.39 is 77.1 Å². The predicted molar refractivity (Wildman–Crippen MR) is 105 cm³/mol. The molecule has 0 atom stereocenters. The van der Waals surface area contributed by atoms with E-state index in [9.17, 15) is 30.7 Å². The summed E-state index contributed by atoms with van der Waals surface area (Å²) in [6.07, 6.45) is 0. The van der Waals surface area contributed by atoms with Gasteiger partial charge in [0.25, 0.3) is 8.32 Å². The lowest BCUT2D eigenvalue weighted by Crippen LogP contribution is -2.51. The van der Waals surface area contributed by atoms with Crippen LogP contribution >= 0.6 is 0 Å². The first-order valence-corrected chi connectivity index (χ1v) is 12.1. The summed E-state index contributed by atoms with van der Waals surface area (Å²) in [6.45, 7) is 10.6. The molecule has 0 amide bonds.